The molecule has 0 saturated carbocycles. The van der Waals surface area contributed by atoms with Crippen molar-refractivity contribution in [3.63, 3.8) is 0 Å². The van der Waals surface area contributed by atoms with Crippen LogP contribution in [0.15, 0.2) is 52.3 Å². The summed E-state index contributed by atoms with van der Waals surface area (Å²) in [6.07, 6.45) is 2.35. The number of hydrogen-bond donors (Lipinski definition) is 0. The number of amides is 1. The second-order valence-corrected chi connectivity index (χ2v) is 13.0. The number of para-hydroxylation sites is 1. The fourth-order valence-corrected chi connectivity index (χ4v) is 6.12. The molecule has 1 amide bonds. The Morgan fingerprint density at radius 2 is 1.56 bits per heavy atom. The van der Waals surface area contributed by atoms with Gasteiger partial charge in [0.2, 0.25) is 5.91 Å². The zero-order chi connectivity index (χ0) is 25.1. The van der Waals surface area contributed by atoms with Gasteiger partial charge < -0.3 is 4.90 Å². The number of rotatable bonds is 10. The maximum atomic E-state index is 13.4. The highest BCUT2D eigenvalue weighted by atomic mass is 32.2. The average Bonchev–Trinajstić information content (AvgIpc) is 3.19. The van der Waals surface area contributed by atoms with Gasteiger partial charge in [-0.3, -0.25) is 9.69 Å². The molecule has 34 heavy (non-hydrogen) atoms. The van der Waals surface area contributed by atoms with Gasteiger partial charge in [-0.05, 0) is 42.9 Å². The first-order valence-electron chi connectivity index (χ1n) is 10.8. The molecule has 3 aromatic rings. The lowest BCUT2D eigenvalue weighted by molar-refractivity contribution is -0.118. The summed E-state index contributed by atoms with van der Waals surface area (Å²) >= 11 is 1.28. The van der Waals surface area contributed by atoms with E-state index in [-0.39, 0.29) is 22.1 Å². The fraction of sp³-hybridized carbons (Fsp3) is 0.391. The van der Waals surface area contributed by atoms with Crippen molar-refractivity contribution in [2.75, 3.05) is 43.6 Å². The molecule has 0 aliphatic carbocycles. The van der Waals surface area contributed by atoms with Crippen LogP contribution < -0.4 is 4.90 Å². The first-order chi connectivity index (χ1) is 15.9. The maximum absolute atomic E-state index is 13.4. The van der Waals surface area contributed by atoms with Gasteiger partial charge in [-0.25, -0.2) is 21.8 Å². The van der Waals surface area contributed by atoms with Crippen molar-refractivity contribution < 1.29 is 21.6 Å². The van der Waals surface area contributed by atoms with Gasteiger partial charge in [0.1, 0.15) is 5.52 Å². The van der Waals surface area contributed by atoms with E-state index in [9.17, 15) is 21.6 Å². The lowest BCUT2D eigenvalue weighted by Gasteiger charge is -2.24. The summed E-state index contributed by atoms with van der Waals surface area (Å²) < 4.78 is 48.6. The molecule has 0 N–H and O–H groups in total. The second kappa shape index (κ2) is 10.5. The number of fused-ring (bicyclic) bond motifs is 1. The molecule has 0 aliphatic rings. The second-order valence-electron chi connectivity index (χ2n) is 8.04. The molecular formula is C23H29N3O5S3. The third kappa shape index (κ3) is 6.21. The van der Waals surface area contributed by atoms with Crippen molar-refractivity contribution in [2.45, 2.75) is 30.1 Å². The van der Waals surface area contributed by atoms with Crippen molar-refractivity contribution in [3.8, 4) is 0 Å². The minimum atomic E-state index is -3.48. The molecule has 0 spiro atoms. The number of hydrogen-bond acceptors (Lipinski definition) is 8. The largest absolute Gasteiger partial charge is 0.302 e. The Hall–Kier alpha value is -2.34. The smallest absolute Gasteiger partial charge is 0.233 e. The van der Waals surface area contributed by atoms with Gasteiger partial charge in [-0.1, -0.05) is 43.4 Å². The van der Waals surface area contributed by atoms with Crippen LogP contribution in [0.25, 0.3) is 10.2 Å². The standard InChI is InChI=1S/C23H29N3O5S3/c1-5-25(6-2)14-15-26(21(27)16-17-10-12-18(13-11-17)33(3,28)29)23-24-22-19(32-23)8-7-9-20(22)34(4,30)31/h7-13H,5-6,14-16H2,1-4H3. The number of likely N-dealkylation sites (N-methyl/N-ethyl adjacent to an activating group) is 1. The molecule has 0 atom stereocenters. The number of benzene rings is 2. The Morgan fingerprint density at radius 1 is 0.912 bits per heavy atom. The summed E-state index contributed by atoms with van der Waals surface area (Å²) in [4.78, 5) is 22.1. The van der Waals surface area contributed by atoms with E-state index in [2.05, 4.69) is 23.7 Å². The molecular weight excluding hydrogens is 494 g/mol. The summed E-state index contributed by atoms with van der Waals surface area (Å²) in [5.41, 5.74) is 1.05. The van der Waals surface area contributed by atoms with Gasteiger partial charge in [-0.2, -0.15) is 0 Å². The molecule has 2 aromatic carbocycles. The predicted octanol–water partition coefficient (Wildman–Crippen LogP) is 3.02. The molecule has 0 fully saturated rings. The summed E-state index contributed by atoms with van der Waals surface area (Å²) in [6.45, 7) is 6.81. The van der Waals surface area contributed by atoms with Gasteiger partial charge in [-0.15, -0.1) is 0 Å². The highest BCUT2D eigenvalue weighted by Crippen LogP contribution is 2.33. The van der Waals surface area contributed by atoms with Crippen LogP contribution in [-0.2, 0) is 30.9 Å². The number of aromatic nitrogens is 1. The summed E-state index contributed by atoms with van der Waals surface area (Å²) in [5.74, 6) is -0.195. The van der Waals surface area contributed by atoms with Crippen LogP contribution >= 0.6 is 11.3 Å². The van der Waals surface area contributed by atoms with E-state index in [1.165, 1.54) is 29.5 Å². The van der Waals surface area contributed by atoms with Crippen LogP contribution in [0.2, 0.25) is 0 Å². The molecule has 184 valence electrons. The highest BCUT2D eigenvalue weighted by Gasteiger charge is 2.23. The van der Waals surface area contributed by atoms with Crippen LogP contribution in [0.3, 0.4) is 0 Å². The van der Waals surface area contributed by atoms with E-state index in [1.807, 2.05) is 0 Å². The van der Waals surface area contributed by atoms with Gasteiger partial charge in [0, 0.05) is 25.6 Å². The van der Waals surface area contributed by atoms with E-state index < -0.39 is 19.7 Å². The minimum Gasteiger partial charge on any atom is -0.302 e. The molecule has 0 radical (unpaired) electrons. The third-order valence-electron chi connectivity index (χ3n) is 5.54. The molecule has 1 heterocycles. The van der Waals surface area contributed by atoms with Crippen molar-refractivity contribution in [1.82, 2.24) is 9.88 Å². The Labute approximate surface area is 205 Å². The van der Waals surface area contributed by atoms with Crippen LogP contribution in [-0.4, -0.2) is 71.3 Å². The Kier molecular flexibility index (Phi) is 8.12. The van der Waals surface area contributed by atoms with Crippen molar-refractivity contribution in [3.05, 3.63) is 48.0 Å². The molecule has 0 bridgehead atoms. The van der Waals surface area contributed by atoms with Gasteiger partial charge >= 0.3 is 0 Å². The number of anilines is 1. The molecule has 0 unspecified atom stereocenters. The number of carbonyl (C=O) groups excluding carboxylic acids is 1. The number of sulfone groups is 2. The summed E-state index contributed by atoms with van der Waals surface area (Å²) in [5, 5.41) is 0.441. The molecule has 0 saturated heterocycles. The van der Waals surface area contributed by atoms with Gasteiger partial charge in [0.15, 0.2) is 24.8 Å². The average molecular weight is 524 g/mol. The normalized spacial score (nSPS) is 12.4. The summed E-state index contributed by atoms with van der Waals surface area (Å²) in [7, 11) is -6.80. The molecule has 0 aliphatic heterocycles. The van der Waals surface area contributed by atoms with Gasteiger partial charge in [0.05, 0.1) is 20.9 Å². The monoisotopic (exact) mass is 523 g/mol. The number of carbonyl (C=O) groups is 1. The van der Waals surface area contributed by atoms with Crippen LogP contribution in [0.4, 0.5) is 5.13 Å². The van der Waals surface area contributed by atoms with E-state index in [0.29, 0.717) is 34.0 Å². The highest BCUT2D eigenvalue weighted by molar-refractivity contribution is 7.91. The number of nitrogens with zero attached hydrogens (tertiary/aromatic N) is 3. The van der Waals surface area contributed by atoms with Crippen molar-refractivity contribution >= 4 is 52.3 Å². The first kappa shape index (κ1) is 26.3. The van der Waals surface area contributed by atoms with E-state index in [1.54, 1.807) is 29.2 Å². The lowest BCUT2D eigenvalue weighted by Crippen LogP contribution is -2.39. The molecule has 3 rings (SSSR count). The first-order valence-corrected chi connectivity index (χ1v) is 15.4. The third-order valence-corrected chi connectivity index (χ3v) is 8.84. The predicted molar refractivity (Wildman–Crippen MR) is 136 cm³/mol. The molecule has 11 heteroatoms. The van der Waals surface area contributed by atoms with Crippen LogP contribution in [0.5, 0.6) is 0 Å². The van der Waals surface area contributed by atoms with Crippen LogP contribution in [0, 0.1) is 0 Å². The van der Waals surface area contributed by atoms with Crippen LogP contribution in [0.1, 0.15) is 19.4 Å². The summed E-state index contributed by atoms with van der Waals surface area (Å²) in [6, 6.07) is 11.2. The van der Waals surface area contributed by atoms with Crippen molar-refractivity contribution in [1.29, 1.82) is 0 Å². The number of thiazole rings is 1. The Bertz CT molecular complexity index is 1380. The molecule has 8 nitrogen and oxygen atoms in total. The van der Waals surface area contributed by atoms with E-state index in [4.69, 9.17) is 0 Å². The Balaban J connectivity index is 1.96. The van der Waals surface area contributed by atoms with Crippen molar-refractivity contribution in [2.24, 2.45) is 0 Å². The van der Waals surface area contributed by atoms with E-state index in [0.717, 1.165) is 25.6 Å². The van der Waals surface area contributed by atoms with E-state index >= 15 is 0 Å². The lowest BCUT2D eigenvalue weighted by atomic mass is 10.1. The molecule has 1 aromatic heterocycles. The quantitative estimate of drug-likeness (QED) is 0.402. The maximum Gasteiger partial charge on any atom is 0.233 e. The van der Waals surface area contributed by atoms with Gasteiger partial charge in [0.25, 0.3) is 0 Å². The minimum absolute atomic E-state index is 0.0666. The zero-order valence-electron chi connectivity index (χ0n) is 19.7. The SMILES string of the molecule is CCN(CC)CCN(C(=O)Cc1ccc(S(C)(=O)=O)cc1)c1nc2c(S(C)(=O)=O)cccc2s1. The Morgan fingerprint density at radius 3 is 2.12 bits per heavy atom. The topological polar surface area (TPSA) is 105 Å². The zero-order valence-corrected chi connectivity index (χ0v) is 22.1. The fourth-order valence-electron chi connectivity index (χ4n) is 3.56.